The van der Waals surface area contributed by atoms with Gasteiger partial charge in [0.2, 0.25) is 0 Å². The molecular formula is C20H24Cl2N4S. The van der Waals surface area contributed by atoms with E-state index in [9.17, 15) is 0 Å². The van der Waals surface area contributed by atoms with Crippen LogP contribution < -0.4 is 10.6 Å². The summed E-state index contributed by atoms with van der Waals surface area (Å²) in [6, 6.07) is 15.3. The summed E-state index contributed by atoms with van der Waals surface area (Å²) < 4.78 is 0. The minimum atomic E-state index is 0. The molecule has 1 saturated heterocycles. The number of pyridine rings is 1. The molecule has 0 spiro atoms. The van der Waals surface area contributed by atoms with E-state index in [1.807, 2.05) is 30.6 Å². The van der Waals surface area contributed by atoms with Gasteiger partial charge in [-0.1, -0.05) is 41.7 Å². The van der Waals surface area contributed by atoms with E-state index in [0.717, 1.165) is 22.2 Å². The molecule has 1 aromatic carbocycles. The average molecular weight is 423 g/mol. The molecule has 1 atom stereocenters. The Labute approximate surface area is 176 Å². The lowest BCUT2D eigenvalue weighted by Crippen LogP contribution is -2.21. The average Bonchev–Trinajstić information content (AvgIpc) is 3.33. The molecule has 0 saturated carbocycles. The van der Waals surface area contributed by atoms with Crippen LogP contribution in [0.2, 0.25) is 0 Å². The Kier molecular flexibility index (Phi) is 8.51. The Morgan fingerprint density at radius 2 is 1.96 bits per heavy atom. The van der Waals surface area contributed by atoms with Crippen LogP contribution in [0.4, 0.5) is 10.9 Å². The third-order valence-corrected chi connectivity index (χ3v) is 5.53. The predicted octanol–water partition coefficient (Wildman–Crippen LogP) is 5.48. The number of hydrogen-bond acceptors (Lipinski definition) is 5. The topological polar surface area (TPSA) is 49.8 Å². The molecule has 0 bridgehead atoms. The second kappa shape index (κ2) is 10.6. The van der Waals surface area contributed by atoms with E-state index in [0.29, 0.717) is 6.04 Å². The van der Waals surface area contributed by atoms with Gasteiger partial charge in [0.1, 0.15) is 5.82 Å². The van der Waals surface area contributed by atoms with Crippen molar-refractivity contribution >= 4 is 47.1 Å². The molecule has 2 N–H and O–H groups in total. The SMILES string of the molecule is Cl.Cl.c1ccc(-c2cnc(Nc3cc(CCC4CCCN4)ccn3)s2)cc1. The number of rotatable bonds is 6. The molecule has 2 aromatic heterocycles. The molecule has 1 unspecified atom stereocenters. The minimum Gasteiger partial charge on any atom is -0.316 e. The zero-order valence-corrected chi connectivity index (χ0v) is 17.4. The van der Waals surface area contributed by atoms with Crippen molar-refractivity contribution in [3.8, 4) is 10.4 Å². The van der Waals surface area contributed by atoms with Gasteiger partial charge in [-0.2, -0.15) is 0 Å². The zero-order valence-electron chi connectivity index (χ0n) is 14.9. The maximum atomic E-state index is 4.48. The lowest BCUT2D eigenvalue weighted by atomic mass is 10.1. The molecule has 0 radical (unpaired) electrons. The molecule has 1 aliphatic rings. The number of aromatic nitrogens is 2. The first-order chi connectivity index (χ1) is 12.4. The number of benzene rings is 1. The summed E-state index contributed by atoms with van der Waals surface area (Å²) in [5.41, 5.74) is 2.52. The first-order valence-electron chi connectivity index (χ1n) is 8.83. The molecule has 1 fully saturated rings. The van der Waals surface area contributed by atoms with Gasteiger partial charge in [-0.3, -0.25) is 0 Å². The standard InChI is InChI=1S/C20H22N4S.2ClH/c1-2-5-16(6-3-1)18-14-23-20(25-18)24-19-13-15(10-12-22-19)8-9-17-7-4-11-21-17;;/h1-3,5-6,10,12-14,17,21H,4,7-9,11H2,(H,22,23,24);2*1H. The Bertz CT molecular complexity index is 820. The summed E-state index contributed by atoms with van der Waals surface area (Å²) >= 11 is 1.65. The van der Waals surface area contributed by atoms with E-state index in [1.54, 1.807) is 11.3 Å². The number of aryl methyl sites for hydroxylation is 1. The van der Waals surface area contributed by atoms with E-state index >= 15 is 0 Å². The molecule has 3 heterocycles. The Hall–Kier alpha value is -1.66. The normalized spacial score (nSPS) is 15.6. The third-order valence-electron chi connectivity index (χ3n) is 4.57. The molecule has 4 rings (SSSR count). The van der Waals surface area contributed by atoms with Crippen molar-refractivity contribution in [3.05, 3.63) is 60.4 Å². The van der Waals surface area contributed by atoms with Crippen LogP contribution in [-0.4, -0.2) is 22.6 Å². The van der Waals surface area contributed by atoms with E-state index in [-0.39, 0.29) is 24.8 Å². The molecule has 27 heavy (non-hydrogen) atoms. The molecule has 144 valence electrons. The van der Waals surface area contributed by atoms with E-state index in [1.165, 1.54) is 36.9 Å². The van der Waals surface area contributed by atoms with Gasteiger partial charge in [-0.05, 0) is 55.5 Å². The Morgan fingerprint density at radius 3 is 2.74 bits per heavy atom. The minimum absolute atomic E-state index is 0. The van der Waals surface area contributed by atoms with Gasteiger partial charge < -0.3 is 10.6 Å². The lowest BCUT2D eigenvalue weighted by Gasteiger charge is -2.10. The highest BCUT2D eigenvalue weighted by atomic mass is 35.5. The van der Waals surface area contributed by atoms with Crippen LogP contribution in [0, 0.1) is 0 Å². The molecule has 0 aliphatic carbocycles. The second-order valence-electron chi connectivity index (χ2n) is 6.40. The highest BCUT2D eigenvalue weighted by Gasteiger charge is 2.13. The van der Waals surface area contributed by atoms with Crippen molar-refractivity contribution in [2.45, 2.75) is 31.7 Å². The van der Waals surface area contributed by atoms with Crippen LogP contribution in [0.1, 0.15) is 24.8 Å². The molecule has 7 heteroatoms. The highest BCUT2D eigenvalue weighted by Crippen LogP contribution is 2.30. The molecule has 0 amide bonds. The van der Waals surface area contributed by atoms with Gasteiger partial charge in [0, 0.05) is 18.4 Å². The van der Waals surface area contributed by atoms with Crippen LogP contribution >= 0.6 is 36.2 Å². The summed E-state index contributed by atoms with van der Waals surface area (Å²) in [6.45, 7) is 1.17. The number of nitrogens with one attached hydrogen (secondary N) is 2. The first kappa shape index (κ1) is 21.6. The fourth-order valence-electron chi connectivity index (χ4n) is 3.22. The fraction of sp³-hybridized carbons (Fsp3) is 0.300. The van der Waals surface area contributed by atoms with Crippen molar-refractivity contribution in [2.24, 2.45) is 0 Å². The maximum Gasteiger partial charge on any atom is 0.188 e. The van der Waals surface area contributed by atoms with Gasteiger partial charge in [0.25, 0.3) is 0 Å². The predicted molar refractivity (Wildman–Crippen MR) is 119 cm³/mol. The van der Waals surface area contributed by atoms with E-state index < -0.39 is 0 Å². The molecule has 1 aliphatic heterocycles. The largest absolute Gasteiger partial charge is 0.316 e. The monoisotopic (exact) mass is 422 g/mol. The van der Waals surface area contributed by atoms with Crippen molar-refractivity contribution in [1.29, 1.82) is 0 Å². The van der Waals surface area contributed by atoms with Crippen LogP contribution in [0.15, 0.2) is 54.9 Å². The summed E-state index contributed by atoms with van der Waals surface area (Å²) in [6.07, 6.45) is 8.68. The van der Waals surface area contributed by atoms with Crippen molar-refractivity contribution in [2.75, 3.05) is 11.9 Å². The highest BCUT2D eigenvalue weighted by molar-refractivity contribution is 7.18. The van der Waals surface area contributed by atoms with Gasteiger partial charge >= 0.3 is 0 Å². The van der Waals surface area contributed by atoms with Crippen molar-refractivity contribution in [3.63, 3.8) is 0 Å². The fourth-order valence-corrected chi connectivity index (χ4v) is 4.05. The van der Waals surface area contributed by atoms with Gasteiger partial charge in [-0.15, -0.1) is 24.8 Å². The molecular weight excluding hydrogens is 399 g/mol. The van der Waals surface area contributed by atoms with Crippen LogP contribution in [0.3, 0.4) is 0 Å². The van der Waals surface area contributed by atoms with Crippen molar-refractivity contribution in [1.82, 2.24) is 15.3 Å². The number of halogens is 2. The van der Waals surface area contributed by atoms with Gasteiger partial charge in [0.15, 0.2) is 5.13 Å². The summed E-state index contributed by atoms with van der Waals surface area (Å²) in [4.78, 5) is 10.1. The molecule has 4 nitrogen and oxygen atoms in total. The number of anilines is 2. The smallest absolute Gasteiger partial charge is 0.188 e. The van der Waals surface area contributed by atoms with E-state index in [4.69, 9.17) is 0 Å². The van der Waals surface area contributed by atoms with E-state index in [2.05, 4.69) is 44.9 Å². The van der Waals surface area contributed by atoms with Crippen LogP contribution in [0.25, 0.3) is 10.4 Å². The summed E-state index contributed by atoms with van der Waals surface area (Å²) in [7, 11) is 0. The van der Waals surface area contributed by atoms with Crippen LogP contribution in [0.5, 0.6) is 0 Å². The lowest BCUT2D eigenvalue weighted by molar-refractivity contribution is 0.559. The van der Waals surface area contributed by atoms with Gasteiger partial charge in [-0.25, -0.2) is 9.97 Å². The third kappa shape index (κ3) is 5.91. The Balaban J connectivity index is 0.00000131. The second-order valence-corrected chi connectivity index (χ2v) is 7.43. The molecule has 3 aromatic rings. The zero-order chi connectivity index (χ0) is 16.9. The quantitative estimate of drug-likeness (QED) is 0.552. The Morgan fingerprint density at radius 1 is 1.11 bits per heavy atom. The number of hydrogen-bond donors (Lipinski definition) is 2. The van der Waals surface area contributed by atoms with Crippen LogP contribution in [-0.2, 0) is 6.42 Å². The number of thiazole rings is 1. The first-order valence-corrected chi connectivity index (χ1v) is 9.65. The summed E-state index contributed by atoms with van der Waals surface area (Å²) in [5, 5.41) is 7.78. The van der Waals surface area contributed by atoms with Crippen molar-refractivity contribution < 1.29 is 0 Å². The maximum absolute atomic E-state index is 4.48. The number of nitrogens with zero attached hydrogens (tertiary/aromatic N) is 2. The summed E-state index contributed by atoms with van der Waals surface area (Å²) in [5.74, 6) is 0.867. The van der Waals surface area contributed by atoms with Gasteiger partial charge in [0.05, 0.1) is 4.88 Å².